The second-order valence-electron chi connectivity index (χ2n) is 5.38. The molecule has 1 atom stereocenters. The summed E-state index contributed by atoms with van der Waals surface area (Å²) in [5.41, 5.74) is 5.37. The summed E-state index contributed by atoms with van der Waals surface area (Å²) in [5, 5.41) is 1.35. The molecule has 0 radical (unpaired) electrons. The first kappa shape index (κ1) is 15.4. The normalized spacial score (nSPS) is 11.8. The van der Waals surface area contributed by atoms with Gasteiger partial charge in [0.2, 0.25) is 0 Å². The maximum absolute atomic E-state index is 3.36. The molecular weight excluding hydrogens is 254 g/mol. The van der Waals surface area contributed by atoms with Crippen molar-refractivity contribution in [3.63, 3.8) is 0 Å². The molecule has 0 aliphatic heterocycles. The van der Waals surface area contributed by atoms with E-state index in [1.165, 1.54) is 27.6 Å². The first-order chi connectivity index (χ1) is 10.2. The Hall–Kier alpha value is -2.02. The Morgan fingerprint density at radius 2 is 1.62 bits per heavy atom. The van der Waals surface area contributed by atoms with Gasteiger partial charge >= 0.3 is 0 Å². The topological polar surface area (TPSA) is 15.8 Å². The number of aromatic nitrogens is 1. The van der Waals surface area contributed by atoms with Crippen LogP contribution in [0, 0.1) is 6.92 Å². The van der Waals surface area contributed by atoms with Crippen LogP contribution in [0.15, 0.2) is 54.7 Å². The van der Waals surface area contributed by atoms with Crippen molar-refractivity contribution < 1.29 is 0 Å². The fourth-order valence-corrected chi connectivity index (χ4v) is 2.69. The zero-order valence-corrected chi connectivity index (χ0v) is 13.5. The summed E-state index contributed by atoms with van der Waals surface area (Å²) in [5.74, 6) is 0.527. The fraction of sp³-hybridized carbons (Fsp3) is 0.300. The van der Waals surface area contributed by atoms with E-state index < -0.39 is 0 Å². The van der Waals surface area contributed by atoms with Gasteiger partial charge < -0.3 is 4.98 Å². The molecule has 1 N–H and O–H groups in total. The molecule has 0 fully saturated rings. The minimum atomic E-state index is 0.527. The number of aromatic amines is 1. The minimum Gasteiger partial charge on any atom is -0.361 e. The summed E-state index contributed by atoms with van der Waals surface area (Å²) >= 11 is 0. The number of fused-ring (bicyclic) bond motifs is 1. The van der Waals surface area contributed by atoms with Crippen LogP contribution in [-0.2, 0) is 6.42 Å². The highest BCUT2D eigenvalue weighted by Gasteiger charge is 2.11. The van der Waals surface area contributed by atoms with Crippen molar-refractivity contribution in [1.29, 1.82) is 0 Å². The number of rotatable bonds is 3. The third-order valence-electron chi connectivity index (χ3n) is 3.81. The summed E-state index contributed by atoms with van der Waals surface area (Å²) in [6, 6.07) is 17.4. The van der Waals surface area contributed by atoms with Crippen LogP contribution in [0.1, 0.15) is 43.4 Å². The lowest BCUT2D eigenvalue weighted by molar-refractivity contribution is 0.765. The monoisotopic (exact) mass is 279 g/mol. The third-order valence-corrected chi connectivity index (χ3v) is 3.81. The lowest BCUT2D eigenvalue weighted by Gasteiger charge is -2.11. The molecule has 1 unspecified atom stereocenters. The zero-order chi connectivity index (χ0) is 15.2. The lowest BCUT2D eigenvalue weighted by Crippen LogP contribution is -1.97. The second-order valence-corrected chi connectivity index (χ2v) is 5.38. The molecule has 110 valence electrons. The highest BCUT2D eigenvalue weighted by Crippen LogP contribution is 2.27. The zero-order valence-electron chi connectivity index (χ0n) is 13.5. The maximum Gasteiger partial charge on any atom is 0.0456 e. The molecule has 21 heavy (non-hydrogen) atoms. The van der Waals surface area contributed by atoms with Gasteiger partial charge in [-0.1, -0.05) is 68.8 Å². The lowest BCUT2D eigenvalue weighted by atomic mass is 9.93. The number of hydrogen-bond donors (Lipinski definition) is 1. The molecule has 1 heterocycles. The number of benzene rings is 2. The Balaban J connectivity index is 0.000000774. The van der Waals surface area contributed by atoms with E-state index in [-0.39, 0.29) is 0 Å². The van der Waals surface area contributed by atoms with Crippen LogP contribution in [0.4, 0.5) is 0 Å². The second kappa shape index (κ2) is 7.12. The average molecular weight is 279 g/mol. The van der Waals surface area contributed by atoms with Crippen molar-refractivity contribution in [2.45, 2.75) is 40.0 Å². The summed E-state index contributed by atoms with van der Waals surface area (Å²) < 4.78 is 0. The molecule has 0 amide bonds. The van der Waals surface area contributed by atoms with E-state index in [1.54, 1.807) is 0 Å². The number of para-hydroxylation sites is 1. The predicted octanol–water partition coefficient (Wildman–Crippen LogP) is 5.85. The Kier molecular flexibility index (Phi) is 5.21. The molecule has 1 heteroatoms. The van der Waals surface area contributed by atoms with Crippen LogP contribution in [-0.4, -0.2) is 4.98 Å². The van der Waals surface area contributed by atoms with Gasteiger partial charge in [-0.3, -0.25) is 0 Å². The Bertz CT molecular complexity index is 676. The molecule has 0 aliphatic rings. The standard InChI is InChI=1S/C18H19N.C2H6/c1-13-7-9-15(10-8-13)11-14(2)17-12-19-18-6-4-3-5-16(17)18;1-2/h3-10,12,14,19H,11H2,1-2H3;1-2H3. The van der Waals surface area contributed by atoms with E-state index >= 15 is 0 Å². The van der Waals surface area contributed by atoms with Gasteiger partial charge in [-0.05, 0) is 36.5 Å². The van der Waals surface area contributed by atoms with Crippen LogP contribution < -0.4 is 0 Å². The molecular formula is C20H25N. The van der Waals surface area contributed by atoms with Crippen molar-refractivity contribution in [1.82, 2.24) is 4.98 Å². The molecule has 3 rings (SSSR count). The van der Waals surface area contributed by atoms with Gasteiger partial charge in [-0.25, -0.2) is 0 Å². The van der Waals surface area contributed by atoms with Crippen molar-refractivity contribution in [3.05, 3.63) is 71.4 Å². The van der Waals surface area contributed by atoms with Gasteiger partial charge in [0.25, 0.3) is 0 Å². The van der Waals surface area contributed by atoms with Gasteiger partial charge in [0.1, 0.15) is 0 Å². The third kappa shape index (κ3) is 3.55. The van der Waals surface area contributed by atoms with Gasteiger partial charge in [0.15, 0.2) is 0 Å². The smallest absolute Gasteiger partial charge is 0.0456 e. The first-order valence-electron chi connectivity index (χ1n) is 7.85. The van der Waals surface area contributed by atoms with Crippen LogP contribution in [0.25, 0.3) is 10.9 Å². The molecule has 2 aromatic carbocycles. The molecule has 1 aromatic heterocycles. The van der Waals surface area contributed by atoms with Crippen LogP contribution in [0.3, 0.4) is 0 Å². The van der Waals surface area contributed by atoms with E-state index in [1.807, 2.05) is 13.8 Å². The van der Waals surface area contributed by atoms with Crippen molar-refractivity contribution in [2.75, 3.05) is 0 Å². The molecule has 0 saturated carbocycles. The Morgan fingerprint density at radius 1 is 0.952 bits per heavy atom. The molecule has 1 nitrogen and oxygen atoms in total. The molecule has 0 saturated heterocycles. The van der Waals surface area contributed by atoms with Crippen molar-refractivity contribution >= 4 is 10.9 Å². The van der Waals surface area contributed by atoms with Gasteiger partial charge in [-0.15, -0.1) is 0 Å². The molecule has 3 aromatic rings. The molecule has 0 aliphatic carbocycles. The largest absolute Gasteiger partial charge is 0.361 e. The van der Waals surface area contributed by atoms with E-state index in [2.05, 4.69) is 73.6 Å². The maximum atomic E-state index is 3.36. The highest BCUT2D eigenvalue weighted by atomic mass is 14.7. The number of aryl methyl sites for hydroxylation is 1. The Morgan fingerprint density at radius 3 is 2.33 bits per heavy atom. The molecule has 0 spiro atoms. The highest BCUT2D eigenvalue weighted by molar-refractivity contribution is 5.83. The van der Waals surface area contributed by atoms with Gasteiger partial charge in [0, 0.05) is 17.1 Å². The summed E-state index contributed by atoms with van der Waals surface area (Å²) in [6.07, 6.45) is 3.24. The number of hydrogen-bond acceptors (Lipinski definition) is 0. The molecule has 0 bridgehead atoms. The van der Waals surface area contributed by atoms with Crippen LogP contribution in [0.5, 0.6) is 0 Å². The first-order valence-corrected chi connectivity index (χ1v) is 7.85. The summed E-state index contributed by atoms with van der Waals surface area (Å²) in [4.78, 5) is 3.36. The van der Waals surface area contributed by atoms with Crippen molar-refractivity contribution in [3.8, 4) is 0 Å². The number of nitrogens with one attached hydrogen (secondary N) is 1. The average Bonchev–Trinajstić information content (AvgIpc) is 2.96. The Labute approximate surface area is 128 Å². The summed E-state index contributed by atoms with van der Waals surface area (Å²) in [7, 11) is 0. The van der Waals surface area contributed by atoms with E-state index in [4.69, 9.17) is 0 Å². The van der Waals surface area contributed by atoms with E-state index in [0.29, 0.717) is 5.92 Å². The van der Waals surface area contributed by atoms with Gasteiger partial charge in [0.05, 0.1) is 0 Å². The number of H-pyrrole nitrogens is 1. The quantitative estimate of drug-likeness (QED) is 0.619. The van der Waals surface area contributed by atoms with Gasteiger partial charge in [-0.2, -0.15) is 0 Å². The van der Waals surface area contributed by atoms with E-state index in [0.717, 1.165) is 6.42 Å². The van der Waals surface area contributed by atoms with E-state index in [9.17, 15) is 0 Å². The van der Waals surface area contributed by atoms with Crippen molar-refractivity contribution in [2.24, 2.45) is 0 Å². The van der Waals surface area contributed by atoms with Crippen LogP contribution >= 0.6 is 0 Å². The summed E-state index contributed by atoms with van der Waals surface area (Å²) in [6.45, 7) is 8.43. The SMILES string of the molecule is CC.Cc1ccc(CC(C)c2c[nH]c3ccccc23)cc1. The minimum absolute atomic E-state index is 0.527. The van der Waals surface area contributed by atoms with Crippen LogP contribution in [0.2, 0.25) is 0 Å². The predicted molar refractivity (Wildman–Crippen MR) is 92.9 cm³/mol. The fourth-order valence-electron chi connectivity index (χ4n) is 2.69.